The van der Waals surface area contributed by atoms with E-state index in [0.29, 0.717) is 142 Å². The number of ketones is 1. The van der Waals surface area contributed by atoms with E-state index in [2.05, 4.69) is 15.6 Å². The van der Waals surface area contributed by atoms with Gasteiger partial charge in [-0.15, -0.1) is 0 Å². The molecule has 7 rings (SSSR count). The average Bonchev–Trinajstić information content (AvgIpc) is 3.68. The van der Waals surface area contributed by atoms with Crippen LogP contribution in [0.1, 0.15) is 71.8 Å². The molecule has 3 aromatic carbocycles. The quantitative estimate of drug-likeness (QED) is 0.0674. The molecule has 0 aliphatic carbocycles. The Morgan fingerprint density at radius 2 is 1.17 bits per heavy atom. The van der Waals surface area contributed by atoms with Crippen LogP contribution in [0.5, 0.6) is 0 Å². The largest absolute Gasteiger partial charge is 0.382 e. The Kier molecular flexibility index (Phi) is 22.3. The molecule has 1 atom stereocenters. The molecule has 2 fully saturated rings. The van der Waals surface area contributed by atoms with E-state index in [1.807, 2.05) is 18.2 Å². The highest BCUT2D eigenvalue weighted by Gasteiger charge is 2.45. The van der Waals surface area contributed by atoms with Crippen LogP contribution in [0.3, 0.4) is 0 Å². The third-order valence-electron chi connectivity index (χ3n) is 12.6. The Hall–Kier alpha value is -6.37. The molecule has 6 amide bonds. The van der Waals surface area contributed by atoms with Gasteiger partial charge in [0.25, 0.3) is 17.7 Å². The van der Waals surface area contributed by atoms with Crippen LogP contribution >= 0.6 is 0 Å². The van der Waals surface area contributed by atoms with Crippen LogP contribution in [0.15, 0.2) is 65.7 Å². The van der Waals surface area contributed by atoms with Crippen LogP contribution in [-0.2, 0) is 58.7 Å². The first-order valence-corrected chi connectivity index (χ1v) is 25.3. The van der Waals surface area contributed by atoms with Gasteiger partial charge in [0, 0.05) is 68.1 Å². The number of aliphatic imine (C=N–C) groups is 1. The second kappa shape index (κ2) is 29.6. The number of piperidine rings is 1. The van der Waals surface area contributed by atoms with Crippen LogP contribution < -0.4 is 10.6 Å². The van der Waals surface area contributed by atoms with Gasteiger partial charge in [-0.25, -0.2) is 4.39 Å². The summed E-state index contributed by atoms with van der Waals surface area (Å²) in [6.45, 7) is 7.66. The Morgan fingerprint density at radius 1 is 0.627 bits per heavy atom. The molecular formula is C53H65FN6O15. The molecule has 0 bridgehead atoms. The third kappa shape index (κ3) is 16.3. The Bertz CT molecular complexity index is 2500. The molecule has 22 heteroatoms. The van der Waals surface area contributed by atoms with Gasteiger partial charge in [-0.1, -0.05) is 36.4 Å². The smallest absolute Gasteiger partial charge is 0.264 e. The lowest BCUT2D eigenvalue weighted by Gasteiger charge is -2.35. The number of Topliss-reactive ketones (excluding diaryl/α,β-unsaturated/α-hetero) is 1. The van der Waals surface area contributed by atoms with Crippen molar-refractivity contribution in [3.8, 4) is 0 Å². The molecule has 0 radical (unpaired) electrons. The van der Waals surface area contributed by atoms with Crippen molar-refractivity contribution in [3.63, 3.8) is 0 Å². The number of imide groups is 2. The molecule has 4 aliphatic heterocycles. The van der Waals surface area contributed by atoms with E-state index >= 15 is 0 Å². The molecular weight excluding hydrogens is 980 g/mol. The monoisotopic (exact) mass is 1040 g/mol. The van der Waals surface area contributed by atoms with Crippen LogP contribution in [0.2, 0.25) is 0 Å². The van der Waals surface area contributed by atoms with Crippen molar-refractivity contribution in [1.82, 2.24) is 20.0 Å². The first-order chi connectivity index (χ1) is 36.6. The van der Waals surface area contributed by atoms with E-state index in [4.69, 9.17) is 37.9 Å². The Morgan fingerprint density at radius 3 is 1.77 bits per heavy atom. The highest BCUT2D eigenvalue weighted by Crippen LogP contribution is 2.32. The Labute approximate surface area is 434 Å². The maximum absolute atomic E-state index is 14.9. The van der Waals surface area contributed by atoms with Crippen LogP contribution in [0.4, 0.5) is 10.1 Å². The second-order valence-electron chi connectivity index (χ2n) is 17.6. The molecule has 1 unspecified atom stereocenters. The maximum Gasteiger partial charge on any atom is 0.264 e. The maximum atomic E-state index is 14.9. The number of nitrogens with zero attached hydrogens (tertiary/aromatic N) is 4. The van der Waals surface area contributed by atoms with Crippen LogP contribution in [-0.4, -0.2) is 213 Å². The summed E-state index contributed by atoms with van der Waals surface area (Å²) in [5.74, 6) is -3.39. The number of halogens is 1. The number of rotatable bonds is 32. The predicted molar refractivity (Wildman–Crippen MR) is 268 cm³/mol. The molecule has 3 aromatic rings. The summed E-state index contributed by atoms with van der Waals surface area (Å²) in [4.78, 5) is 97.2. The fourth-order valence-electron chi connectivity index (χ4n) is 8.71. The molecule has 2 saturated heterocycles. The molecule has 21 nitrogen and oxygen atoms in total. The normalized spacial score (nSPS) is 16.5. The summed E-state index contributed by atoms with van der Waals surface area (Å²) >= 11 is 0. The van der Waals surface area contributed by atoms with Gasteiger partial charge >= 0.3 is 0 Å². The fraction of sp³-hybridized carbons (Fsp3) is 0.509. The van der Waals surface area contributed by atoms with Crippen molar-refractivity contribution in [1.29, 1.82) is 0 Å². The van der Waals surface area contributed by atoms with Gasteiger partial charge in [-0.2, -0.15) is 0 Å². The number of ether oxygens (including phenoxy) is 8. The molecule has 0 saturated carbocycles. The lowest BCUT2D eigenvalue weighted by atomic mass is 9.92. The molecule has 4 aliphatic rings. The zero-order valence-electron chi connectivity index (χ0n) is 42.0. The van der Waals surface area contributed by atoms with Gasteiger partial charge in [-0.05, 0) is 36.2 Å². The topological polar surface area (TPSA) is 239 Å². The SMILES string of the molecule is O=C1CCC(N2C(=O)c3cccc(NCCOCCOCCOCCOCCOCCOCCOCCOCCC(=O)N4CCN(C(=O)c5cc(CC6=NCC(=O)c7ccccc76)ccc5F)CC4)c3C2=O)C(=O)N1. The highest BCUT2D eigenvalue weighted by molar-refractivity contribution is 6.25. The third-order valence-corrected chi connectivity index (χ3v) is 12.6. The zero-order valence-corrected chi connectivity index (χ0v) is 42.0. The number of nitrogens with one attached hydrogen (secondary N) is 2. The van der Waals surface area contributed by atoms with Gasteiger partial charge in [0.05, 0.1) is 129 Å². The molecule has 0 aromatic heterocycles. The van der Waals surface area contributed by atoms with E-state index in [0.717, 1.165) is 16.2 Å². The number of carbonyl (C=O) groups is 7. The van der Waals surface area contributed by atoms with Crippen molar-refractivity contribution in [2.45, 2.75) is 31.7 Å². The number of anilines is 1. The van der Waals surface area contributed by atoms with Gasteiger partial charge in [-0.3, -0.25) is 48.8 Å². The molecule has 4 heterocycles. The van der Waals surface area contributed by atoms with E-state index in [1.54, 1.807) is 46.2 Å². The van der Waals surface area contributed by atoms with E-state index in [1.165, 1.54) is 6.07 Å². The van der Waals surface area contributed by atoms with Crippen molar-refractivity contribution >= 4 is 52.6 Å². The predicted octanol–water partition coefficient (Wildman–Crippen LogP) is 2.37. The lowest BCUT2D eigenvalue weighted by molar-refractivity contribution is -0.136. The van der Waals surface area contributed by atoms with Crippen molar-refractivity contribution in [3.05, 3.63) is 99.9 Å². The minimum atomic E-state index is -1.03. The van der Waals surface area contributed by atoms with E-state index in [-0.39, 0.29) is 73.9 Å². The number of amides is 6. The molecule has 404 valence electrons. The second-order valence-corrected chi connectivity index (χ2v) is 17.6. The molecule has 0 spiro atoms. The Balaban J connectivity index is 0.600. The minimum absolute atomic E-state index is 0.0316. The summed E-state index contributed by atoms with van der Waals surface area (Å²) in [7, 11) is 0. The fourth-order valence-corrected chi connectivity index (χ4v) is 8.71. The van der Waals surface area contributed by atoms with E-state index < -0.39 is 41.4 Å². The lowest BCUT2D eigenvalue weighted by Crippen LogP contribution is -2.54. The van der Waals surface area contributed by atoms with Crippen molar-refractivity contribution in [2.75, 3.05) is 150 Å². The standard InChI is InChI=1S/C53H65FN6O15/c54-42-9-8-37(35-44-38-4-1-2-5-39(38)46(61)36-56-44)34-41(42)51(65)59-16-14-58(15-17-59)48(63)12-18-68-20-22-70-24-26-72-28-30-74-32-33-75-31-29-73-27-25-71-23-21-69-19-13-55-43-7-3-6-40-49(43)53(67)60(52(40)66)45-10-11-47(62)57-50(45)64/h1-9,34,45,55H,10-33,35-36H2,(H,57,62,64). The van der Waals surface area contributed by atoms with Gasteiger partial charge in [0.15, 0.2) is 5.78 Å². The highest BCUT2D eigenvalue weighted by atomic mass is 19.1. The van der Waals surface area contributed by atoms with Gasteiger partial charge in [0.1, 0.15) is 18.4 Å². The van der Waals surface area contributed by atoms with Gasteiger partial charge in [0.2, 0.25) is 17.7 Å². The number of carbonyl (C=O) groups excluding carboxylic acids is 7. The number of fused-ring (bicyclic) bond motifs is 2. The first kappa shape index (κ1) is 56.4. The summed E-state index contributed by atoms with van der Waals surface area (Å²) in [6.07, 6.45) is 0.693. The number of piperazine rings is 1. The minimum Gasteiger partial charge on any atom is -0.382 e. The molecule has 75 heavy (non-hydrogen) atoms. The molecule has 2 N–H and O–H groups in total. The first-order valence-electron chi connectivity index (χ1n) is 25.3. The number of hydrogen-bond donors (Lipinski definition) is 2. The van der Waals surface area contributed by atoms with Crippen molar-refractivity contribution in [2.24, 2.45) is 4.99 Å². The number of hydrogen-bond acceptors (Lipinski definition) is 17. The van der Waals surface area contributed by atoms with Crippen molar-refractivity contribution < 1.29 is 75.8 Å². The van der Waals surface area contributed by atoms with Gasteiger partial charge < -0.3 is 53.0 Å². The summed E-state index contributed by atoms with van der Waals surface area (Å²) in [5.41, 5.74) is 3.63. The number of benzene rings is 3. The summed E-state index contributed by atoms with van der Waals surface area (Å²) < 4.78 is 59.3. The van der Waals surface area contributed by atoms with E-state index in [9.17, 15) is 38.0 Å². The summed E-state index contributed by atoms with van der Waals surface area (Å²) in [5, 5.41) is 5.32. The average molecular weight is 1050 g/mol. The summed E-state index contributed by atoms with van der Waals surface area (Å²) in [6, 6.07) is 15.6. The van der Waals surface area contributed by atoms with Crippen LogP contribution in [0.25, 0.3) is 0 Å². The van der Waals surface area contributed by atoms with Crippen LogP contribution in [0, 0.1) is 5.82 Å². The zero-order chi connectivity index (χ0) is 52.8.